The Bertz CT molecular complexity index is 681. The zero-order chi connectivity index (χ0) is 15.3. The van der Waals surface area contributed by atoms with E-state index >= 15 is 0 Å². The maximum absolute atomic E-state index is 12.2. The summed E-state index contributed by atoms with van der Waals surface area (Å²) in [5.74, 6) is 0. The molecule has 1 aromatic heterocycles. The van der Waals surface area contributed by atoms with E-state index in [1.54, 1.807) is 30.3 Å². The Hall–Kier alpha value is -0.920. The summed E-state index contributed by atoms with van der Waals surface area (Å²) < 4.78 is 27.4. The summed E-state index contributed by atoms with van der Waals surface area (Å²) in [4.78, 5) is 1.05. The van der Waals surface area contributed by atoms with Gasteiger partial charge in [0.15, 0.2) is 0 Å². The molecule has 0 aliphatic carbocycles. The summed E-state index contributed by atoms with van der Waals surface area (Å²) in [5, 5.41) is 3.68. The van der Waals surface area contributed by atoms with Gasteiger partial charge in [0, 0.05) is 16.4 Å². The summed E-state index contributed by atoms with van der Waals surface area (Å²) in [5.41, 5.74) is 0.870. The third-order valence-electron chi connectivity index (χ3n) is 2.90. The van der Waals surface area contributed by atoms with Crippen molar-refractivity contribution in [3.8, 4) is 0 Å². The number of hydrogen-bond acceptors (Lipinski definition) is 4. The topological polar surface area (TPSA) is 58.2 Å². The molecule has 0 aliphatic rings. The van der Waals surface area contributed by atoms with Crippen molar-refractivity contribution < 1.29 is 8.42 Å². The van der Waals surface area contributed by atoms with Crippen LogP contribution < -0.4 is 10.0 Å². The van der Waals surface area contributed by atoms with Gasteiger partial charge in [-0.05, 0) is 49.8 Å². The van der Waals surface area contributed by atoms with Crippen molar-refractivity contribution in [2.24, 2.45) is 0 Å². The van der Waals surface area contributed by atoms with Crippen LogP contribution in [0.5, 0.6) is 0 Å². The predicted molar refractivity (Wildman–Crippen MR) is 87.4 cm³/mol. The second-order valence-electron chi connectivity index (χ2n) is 4.53. The number of likely N-dealkylation sites (N-methyl/N-ethyl adjacent to an activating group) is 1. The molecular formula is C14H17ClN2O2S2. The number of sulfonamides is 1. The molecule has 0 atom stereocenters. The Morgan fingerprint density at radius 1 is 1.14 bits per heavy atom. The lowest BCUT2D eigenvalue weighted by Crippen LogP contribution is -2.22. The van der Waals surface area contributed by atoms with Gasteiger partial charge < -0.3 is 5.32 Å². The minimum absolute atomic E-state index is 0.253. The van der Waals surface area contributed by atoms with Crippen molar-refractivity contribution >= 4 is 33.0 Å². The molecule has 0 saturated carbocycles. The lowest BCUT2D eigenvalue weighted by Gasteiger charge is -2.05. The van der Waals surface area contributed by atoms with Crippen molar-refractivity contribution in [3.63, 3.8) is 0 Å². The van der Waals surface area contributed by atoms with Crippen LogP contribution in [0, 0.1) is 0 Å². The number of thiophene rings is 1. The van der Waals surface area contributed by atoms with E-state index in [1.165, 1.54) is 11.3 Å². The van der Waals surface area contributed by atoms with Gasteiger partial charge in [0.2, 0.25) is 10.0 Å². The zero-order valence-electron chi connectivity index (χ0n) is 11.6. The second kappa shape index (κ2) is 7.38. The van der Waals surface area contributed by atoms with Crippen LogP contribution in [-0.2, 0) is 23.0 Å². The number of hydrogen-bond donors (Lipinski definition) is 2. The third-order valence-corrected chi connectivity index (χ3v) is 6.19. The molecule has 21 heavy (non-hydrogen) atoms. The first kappa shape index (κ1) is 16.5. The van der Waals surface area contributed by atoms with Crippen LogP contribution in [-0.4, -0.2) is 22.0 Å². The number of rotatable bonds is 7. The maximum atomic E-state index is 12.2. The second-order valence-corrected chi connectivity index (χ2v) is 8.12. The molecule has 0 bridgehead atoms. The Kier molecular flexibility index (Phi) is 5.78. The molecule has 0 unspecified atom stereocenters. The van der Waals surface area contributed by atoms with Crippen LogP contribution in [0.4, 0.5) is 0 Å². The average Bonchev–Trinajstić information content (AvgIpc) is 2.94. The normalized spacial score (nSPS) is 11.7. The first-order valence-corrected chi connectivity index (χ1v) is 9.16. The molecule has 2 aromatic rings. The lowest BCUT2D eigenvalue weighted by molar-refractivity contribution is 0.583. The van der Waals surface area contributed by atoms with Gasteiger partial charge in [-0.2, -0.15) is 0 Å². The van der Waals surface area contributed by atoms with Crippen molar-refractivity contribution in [2.75, 3.05) is 13.6 Å². The summed E-state index contributed by atoms with van der Waals surface area (Å²) >= 11 is 7.11. The van der Waals surface area contributed by atoms with E-state index in [2.05, 4.69) is 10.0 Å². The van der Waals surface area contributed by atoms with Crippen LogP contribution >= 0.6 is 22.9 Å². The molecule has 2 N–H and O–H groups in total. The van der Waals surface area contributed by atoms with E-state index in [4.69, 9.17) is 11.6 Å². The molecule has 0 aliphatic heterocycles. The molecule has 0 saturated heterocycles. The molecule has 0 spiro atoms. The van der Waals surface area contributed by atoms with E-state index in [-0.39, 0.29) is 6.54 Å². The fourth-order valence-electron chi connectivity index (χ4n) is 1.74. The number of halogens is 1. The monoisotopic (exact) mass is 344 g/mol. The summed E-state index contributed by atoms with van der Waals surface area (Å²) in [6, 6.07) is 10.6. The SMILES string of the molecule is CNCCc1ccc(S(=O)(=O)NCc2ccc(Cl)cc2)s1. The van der Waals surface area contributed by atoms with E-state index in [0.717, 1.165) is 23.4 Å². The highest BCUT2D eigenvalue weighted by Crippen LogP contribution is 2.22. The van der Waals surface area contributed by atoms with E-state index < -0.39 is 10.0 Å². The van der Waals surface area contributed by atoms with Gasteiger partial charge in [-0.25, -0.2) is 13.1 Å². The smallest absolute Gasteiger partial charge is 0.250 e. The van der Waals surface area contributed by atoms with Gasteiger partial charge in [0.1, 0.15) is 4.21 Å². The maximum Gasteiger partial charge on any atom is 0.250 e. The highest BCUT2D eigenvalue weighted by Gasteiger charge is 2.16. The van der Waals surface area contributed by atoms with E-state index in [0.29, 0.717) is 9.23 Å². The van der Waals surface area contributed by atoms with Gasteiger partial charge in [-0.1, -0.05) is 23.7 Å². The van der Waals surface area contributed by atoms with Gasteiger partial charge >= 0.3 is 0 Å². The summed E-state index contributed by atoms with van der Waals surface area (Å²) in [6.45, 7) is 1.08. The van der Waals surface area contributed by atoms with Crippen LogP contribution in [0.25, 0.3) is 0 Å². The van der Waals surface area contributed by atoms with Gasteiger partial charge in [0.25, 0.3) is 0 Å². The molecule has 0 fully saturated rings. The Morgan fingerprint density at radius 2 is 1.86 bits per heavy atom. The Balaban J connectivity index is 2.00. The molecule has 2 rings (SSSR count). The fraction of sp³-hybridized carbons (Fsp3) is 0.286. The van der Waals surface area contributed by atoms with E-state index in [1.807, 2.05) is 13.1 Å². The van der Waals surface area contributed by atoms with Crippen molar-refractivity contribution in [1.82, 2.24) is 10.0 Å². The van der Waals surface area contributed by atoms with Crippen LogP contribution in [0.2, 0.25) is 5.02 Å². The van der Waals surface area contributed by atoms with Crippen LogP contribution in [0.1, 0.15) is 10.4 Å². The average molecular weight is 345 g/mol. The Labute approximate surface area is 134 Å². The highest BCUT2D eigenvalue weighted by atomic mass is 35.5. The Morgan fingerprint density at radius 3 is 2.52 bits per heavy atom. The molecule has 1 heterocycles. The predicted octanol–water partition coefficient (Wildman–Crippen LogP) is 2.64. The third kappa shape index (κ3) is 4.79. The molecule has 0 radical (unpaired) electrons. The first-order valence-electron chi connectivity index (χ1n) is 6.49. The lowest BCUT2D eigenvalue weighted by atomic mass is 10.2. The summed E-state index contributed by atoms with van der Waals surface area (Å²) in [7, 11) is -1.58. The van der Waals surface area contributed by atoms with Gasteiger partial charge in [-0.3, -0.25) is 0 Å². The molecule has 1 aromatic carbocycles. The quantitative estimate of drug-likeness (QED) is 0.811. The van der Waals surface area contributed by atoms with Crippen molar-refractivity contribution in [2.45, 2.75) is 17.2 Å². The molecular weight excluding hydrogens is 328 g/mol. The minimum Gasteiger partial charge on any atom is -0.319 e. The zero-order valence-corrected chi connectivity index (χ0v) is 14.0. The number of nitrogens with one attached hydrogen (secondary N) is 2. The molecule has 4 nitrogen and oxygen atoms in total. The van der Waals surface area contributed by atoms with Crippen LogP contribution in [0.15, 0.2) is 40.6 Å². The van der Waals surface area contributed by atoms with Gasteiger partial charge in [-0.15, -0.1) is 11.3 Å². The first-order chi connectivity index (χ1) is 10.0. The van der Waals surface area contributed by atoms with Gasteiger partial charge in [0.05, 0.1) is 0 Å². The standard InChI is InChI=1S/C14H17ClN2O2S2/c1-16-9-8-13-6-7-14(20-13)21(18,19)17-10-11-2-4-12(15)5-3-11/h2-7,16-17H,8-10H2,1H3. The highest BCUT2D eigenvalue weighted by molar-refractivity contribution is 7.91. The largest absolute Gasteiger partial charge is 0.319 e. The van der Waals surface area contributed by atoms with E-state index in [9.17, 15) is 8.42 Å². The summed E-state index contributed by atoms with van der Waals surface area (Å²) in [6.07, 6.45) is 0.827. The molecule has 114 valence electrons. The minimum atomic E-state index is -3.46. The van der Waals surface area contributed by atoms with Crippen LogP contribution in [0.3, 0.4) is 0 Å². The van der Waals surface area contributed by atoms with Crippen molar-refractivity contribution in [3.05, 3.63) is 51.9 Å². The number of benzene rings is 1. The van der Waals surface area contributed by atoms with Crippen molar-refractivity contribution in [1.29, 1.82) is 0 Å². The fourth-order valence-corrected chi connectivity index (χ4v) is 4.28. The molecule has 0 amide bonds. The molecule has 7 heteroatoms.